The fourth-order valence-electron chi connectivity index (χ4n) is 1.93. The van der Waals surface area contributed by atoms with Crippen molar-refractivity contribution >= 4 is 23.5 Å². The van der Waals surface area contributed by atoms with Gasteiger partial charge in [-0.15, -0.1) is 0 Å². The highest BCUT2D eigenvalue weighted by Gasteiger charge is 2.07. The van der Waals surface area contributed by atoms with Crippen LogP contribution in [0.2, 0.25) is 0 Å². The van der Waals surface area contributed by atoms with Crippen LogP contribution in [0.3, 0.4) is 0 Å². The molecule has 6 heteroatoms. The molecule has 4 nitrogen and oxygen atoms in total. The fraction of sp³-hybridized carbons (Fsp3) is 0.333. The summed E-state index contributed by atoms with van der Waals surface area (Å²) in [5.74, 6) is 0.530. The predicted octanol–water partition coefficient (Wildman–Crippen LogP) is 4.71. The summed E-state index contributed by atoms with van der Waals surface area (Å²) in [6.07, 6.45) is 0. The lowest BCUT2D eigenvalue weighted by atomic mass is 10.3. The van der Waals surface area contributed by atoms with E-state index in [4.69, 9.17) is 9.47 Å². The molecule has 2 unspecified atom stereocenters. The third-order valence-corrected chi connectivity index (χ3v) is 5.09. The van der Waals surface area contributed by atoms with Crippen molar-refractivity contribution in [3.63, 3.8) is 0 Å². The van der Waals surface area contributed by atoms with Gasteiger partial charge in [-0.1, -0.05) is 23.5 Å². The normalized spacial score (nSPS) is 13.6. The van der Waals surface area contributed by atoms with Crippen LogP contribution in [0.15, 0.2) is 58.3 Å². The first-order chi connectivity index (χ1) is 11.5. The Morgan fingerprint density at radius 3 is 1.38 bits per heavy atom. The highest BCUT2D eigenvalue weighted by atomic mass is 32.2. The number of phenols is 2. The van der Waals surface area contributed by atoms with Gasteiger partial charge in [0, 0.05) is 9.79 Å². The SMILES string of the molecule is CC(OCCOC(C)Sc1ccc(O)cc1)Sc1ccc(O)cc1. The molecule has 2 rings (SSSR count). The molecule has 0 radical (unpaired) electrons. The van der Waals surface area contributed by atoms with Crippen LogP contribution in [0.4, 0.5) is 0 Å². The van der Waals surface area contributed by atoms with Gasteiger partial charge in [-0.3, -0.25) is 0 Å². The van der Waals surface area contributed by atoms with Crippen LogP contribution in [0.1, 0.15) is 13.8 Å². The molecule has 130 valence electrons. The molecule has 2 aromatic carbocycles. The second-order valence-corrected chi connectivity index (χ2v) is 7.84. The lowest BCUT2D eigenvalue weighted by molar-refractivity contribution is 0.0374. The van der Waals surface area contributed by atoms with Gasteiger partial charge in [-0.05, 0) is 62.4 Å². The van der Waals surface area contributed by atoms with Crippen molar-refractivity contribution in [1.29, 1.82) is 0 Å². The van der Waals surface area contributed by atoms with E-state index in [2.05, 4.69) is 0 Å². The van der Waals surface area contributed by atoms with E-state index in [-0.39, 0.29) is 22.4 Å². The molecular weight excluding hydrogens is 344 g/mol. The van der Waals surface area contributed by atoms with E-state index < -0.39 is 0 Å². The Labute approximate surface area is 151 Å². The van der Waals surface area contributed by atoms with Crippen LogP contribution in [-0.2, 0) is 9.47 Å². The standard InChI is InChI=1S/C18H22O4S2/c1-13(23-17-7-3-15(19)4-8-17)21-11-12-22-14(2)24-18-9-5-16(20)6-10-18/h3-10,13-14,19-20H,11-12H2,1-2H3. The first kappa shape index (κ1) is 19.0. The molecule has 0 bridgehead atoms. The van der Waals surface area contributed by atoms with Gasteiger partial charge in [0.05, 0.1) is 13.2 Å². The second kappa shape index (κ2) is 9.84. The Balaban J connectivity index is 1.61. The van der Waals surface area contributed by atoms with E-state index in [1.807, 2.05) is 38.1 Å². The zero-order chi connectivity index (χ0) is 17.4. The number of rotatable bonds is 9. The summed E-state index contributed by atoms with van der Waals surface area (Å²) in [7, 11) is 0. The van der Waals surface area contributed by atoms with Crippen molar-refractivity contribution in [2.75, 3.05) is 13.2 Å². The minimum Gasteiger partial charge on any atom is -0.508 e. The number of hydrogen-bond donors (Lipinski definition) is 2. The Morgan fingerprint density at radius 2 is 1.04 bits per heavy atom. The molecule has 0 aromatic heterocycles. The smallest absolute Gasteiger partial charge is 0.115 e. The highest BCUT2D eigenvalue weighted by Crippen LogP contribution is 2.27. The number of hydrogen-bond acceptors (Lipinski definition) is 6. The molecule has 0 amide bonds. The van der Waals surface area contributed by atoms with E-state index >= 15 is 0 Å². The van der Waals surface area contributed by atoms with Crippen molar-refractivity contribution < 1.29 is 19.7 Å². The molecule has 2 N–H and O–H groups in total. The second-order valence-electron chi connectivity index (χ2n) is 5.10. The summed E-state index contributed by atoms with van der Waals surface area (Å²) in [6.45, 7) is 5.03. The third kappa shape index (κ3) is 7.05. The van der Waals surface area contributed by atoms with Gasteiger partial charge in [0.2, 0.25) is 0 Å². The number of thioether (sulfide) groups is 2. The molecule has 0 heterocycles. The van der Waals surface area contributed by atoms with E-state index in [0.29, 0.717) is 13.2 Å². The number of aromatic hydroxyl groups is 2. The van der Waals surface area contributed by atoms with Gasteiger partial charge in [-0.2, -0.15) is 0 Å². The molecule has 0 aliphatic rings. The first-order valence-corrected chi connectivity index (χ1v) is 9.43. The molecule has 0 saturated carbocycles. The maximum Gasteiger partial charge on any atom is 0.115 e. The summed E-state index contributed by atoms with van der Waals surface area (Å²) in [4.78, 5) is 2.11. The zero-order valence-corrected chi connectivity index (χ0v) is 15.3. The molecule has 2 aromatic rings. The summed E-state index contributed by atoms with van der Waals surface area (Å²) in [5.41, 5.74) is 0.0244. The van der Waals surface area contributed by atoms with Crippen LogP contribution >= 0.6 is 23.5 Å². The topological polar surface area (TPSA) is 58.9 Å². The Kier molecular flexibility index (Phi) is 7.78. The summed E-state index contributed by atoms with van der Waals surface area (Å²) >= 11 is 3.19. The summed E-state index contributed by atoms with van der Waals surface area (Å²) in [5, 5.41) is 18.5. The molecule has 0 aliphatic carbocycles. The van der Waals surface area contributed by atoms with Gasteiger partial charge in [0.15, 0.2) is 0 Å². The minimum atomic E-state index is 0.0122. The average Bonchev–Trinajstić information content (AvgIpc) is 2.56. The third-order valence-electron chi connectivity index (χ3n) is 3.07. The van der Waals surface area contributed by atoms with Crippen molar-refractivity contribution in [3.8, 4) is 11.5 Å². The van der Waals surface area contributed by atoms with Gasteiger partial charge in [0.1, 0.15) is 22.4 Å². The maximum atomic E-state index is 9.26. The molecule has 2 atom stereocenters. The van der Waals surface area contributed by atoms with Gasteiger partial charge in [0.25, 0.3) is 0 Å². The highest BCUT2D eigenvalue weighted by molar-refractivity contribution is 8.00. The maximum absolute atomic E-state index is 9.26. The van der Waals surface area contributed by atoms with Crippen LogP contribution < -0.4 is 0 Å². The van der Waals surface area contributed by atoms with Crippen molar-refractivity contribution in [1.82, 2.24) is 0 Å². The monoisotopic (exact) mass is 366 g/mol. The van der Waals surface area contributed by atoms with Crippen molar-refractivity contribution in [2.45, 2.75) is 34.5 Å². The van der Waals surface area contributed by atoms with Crippen molar-refractivity contribution in [2.24, 2.45) is 0 Å². The Bertz CT molecular complexity index is 546. The first-order valence-electron chi connectivity index (χ1n) is 7.67. The van der Waals surface area contributed by atoms with Gasteiger partial charge in [-0.25, -0.2) is 0 Å². The van der Waals surface area contributed by atoms with Crippen LogP contribution in [0.25, 0.3) is 0 Å². The molecule has 0 fully saturated rings. The van der Waals surface area contributed by atoms with E-state index in [1.165, 1.54) is 0 Å². The number of benzene rings is 2. The van der Waals surface area contributed by atoms with Crippen LogP contribution in [-0.4, -0.2) is 34.3 Å². The molecule has 0 spiro atoms. The minimum absolute atomic E-state index is 0.0122. The number of phenolic OH excluding ortho intramolecular Hbond substituents is 2. The van der Waals surface area contributed by atoms with E-state index in [1.54, 1.807) is 47.8 Å². The van der Waals surface area contributed by atoms with E-state index in [0.717, 1.165) is 9.79 Å². The molecular formula is C18H22O4S2. The summed E-state index contributed by atoms with van der Waals surface area (Å²) < 4.78 is 11.5. The van der Waals surface area contributed by atoms with Gasteiger partial charge < -0.3 is 19.7 Å². The largest absolute Gasteiger partial charge is 0.508 e. The van der Waals surface area contributed by atoms with Crippen molar-refractivity contribution in [3.05, 3.63) is 48.5 Å². The van der Waals surface area contributed by atoms with E-state index in [9.17, 15) is 10.2 Å². The Morgan fingerprint density at radius 1 is 0.708 bits per heavy atom. The quantitative estimate of drug-likeness (QED) is 0.381. The molecule has 0 saturated heterocycles. The Hall–Kier alpha value is -1.34. The van der Waals surface area contributed by atoms with Crippen LogP contribution in [0, 0.1) is 0 Å². The van der Waals surface area contributed by atoms with Gasteiger partial charge >= 0.3 is 0 Å². The average molecular weight is 367 g/mol. The summed E-state index contributed by atoms with van der Waals surface area (Å²) in [6, 6.07) is 14.1. The molecule has 24 heavy (non-hydrogen) atoms. The fourth-order valence-corrected chi connectivity index (χ4v) is 3.61. The number of ether oxygens (including phenoxy) is 2. The lowest BCUT2D eigenvalue weighted by Crippen LogP contribution is -2.13. The lowest BCUT2D eigenvalue weighted by Gasteiger charge is -2.15. The van der Waals surface area contributed by atoms with Crippen LogP contribution in [0.5, 0.6) is 11.5 Å². The molecule has 0 aliphatic heterocycles. The predicted molar refractivity (Wildman–Crippen MR) is 98.8 cm³/mol. The zero-order valence-electron chi connectivity index (χ0n) is 13.7.